The SMILES string of the molecule is CC(C)(C)c1nc(Br)cc(OCCC(F)(F)F)n1. The quantitative estimate of drug-likeness (QED) is 0.791. The Morgan fingerprint density at radius 3 is 2.33 bits per heavy atom. The number of ether oxygens (including phenoxy) is 1. The molecular weight excluding hydrogens is 313 g/mol. The van der Waals surface area contributed by atoms with Crippen LogP contribution in [0.25, 0.3) is 0 Å². The van der Waals surface area contributed by atoms with Gasteiger partial charge in [-0.05, 0) is 15.9 Å². The molecule has 0 atom stereocenters. The Balaban J connectivity index is 2.75. The summed E-state index contributed by atoms with van der Waals surface area (Å²) in [5, 5.41) is 0. The van der Waals surface area contributed by atoms with E-state index in [1.165, 1.54) is 6.07 Å². The molecule has 0 radical (unpaired) electrons. The lowest BCUT2D eigenvalue weighted by Gasteiger charge is -2.17. The van der Waals surface area contributed by atoms with Gasteiger partial charge in [-0.3, -0.25) is 0 Å². The van der Waals surface area contributed by atoms with Crippen molar-refractivity contribution in [1.29, 1.82) is 0 Å². The van der Waals surface area contributed by atoms with Gasteiger partial charge in [-0.25, -0.2) is 4.98 Å². The Morgan fingerprint density at radius 2 is 1.83 bits per heavy atom. The van der Waals surface area contributed by atoms with Crippen LogP contribution in [0.2, 0.25) is 0 Å². The van der Waals surface area contributed by atoms with Gasteiger partial charge in [-0.1, -0.05) is 20.8 Å². The van der Waals surface area contributed by atoms with E-state index >= 15 is 0 Å². The first-order valence-corrected chi connectivity index (χ1v) is 6.12. The summed E-state index contributed by atoms with van der Waals surface area (Å²) >= 11 is 3.18. The van der Waals surface area contributed by atoms with Gasteiger partial charge in [-0.2, -0.15) is 18.2 Å². The smallest absolute Gasteiger partial charge is 0.392 e. The largest absolute Gasteiger partial charge is 0.477 e. The van der Waals surface area contributed by atoms with Crippen molar-refractivity contribution >= 4 is 15.9 Å². The number of hydrogen-bond donors (Lipinski definition) is 0. The fourth-order valence-corrected chi connectivity index (χ4v) is 1.44. The minimum Gasteiger partial charge on any atom is -0.477 e. The maximum atomic E-state index is 12.0. The second kappa shape index (κ2) is 5.42. The van der Waals surface area contributed by atoms with E-state index in [1.807, 2.05) is 20.8 Å². The number of alkyl halides is 3. The van der Waals surface area contributed by atoms with Gasteiger partial charge < -0.3 is 4.74 Å². The average molecular weight is 327 g/mol. The van der Waals surface area contributed by atoms with Crippen LogP contribution in [0.1, 0.15) is 33.0 Å². The number of rotatable bonds is 3. The molecule has 0 aliphatic carbocycles. The van der Waals surface area contributed by atoms with Gasteiger partial charge in [0.15, 0.2) is 0 Å². The third-order valence-electron chi connectivity index (χ3n) is 1.98. The zero-order valence-electron chi connectivity index (χ0n) is 10.3. The van der Waals surface area contributed by atoms with E-state index in [-0.39, 0.29) is 11.3 Å². The molecule has 0 saturated heterocycles. The molecule has 0 saturated carbocycles. The van der Waals surface area contributed by atoms with Crippen LogP contribution in [-0.2, 0) is 5.41 Å². The highest BCUT2D eigenvalue weighted by atomic mass is 79.9. The first-order valence-electron chi connectivity index (χ1n) is 5.32. The first-order chi connectivity index (χ1) is 8.08. The Morgan fingerprint density at radius 1 is 1.22 bits per heavy atom. The monoisotopic (exact) mass is 326 g/mol. The Kier molecular flexibility index (Phi) is 4.58. The summed E-state index contributed by atoms with van der Waals surface area (Å²) in [5.41, 5.74) is -0.300. The fraction of sp³-hybridized carbons (Fsp3) is 0.636. The summed E-state index contributed by atoms with van der Waals surface area (Å²) in [6.45, 7) is 5.29. The van der Waals surface area contributed by atoms with Crippen LogP contribution in [0.3, 0.4) is 0 Å². The van der Waals surface area contributed by atoms with Crippen molar-refractivity contribution in [3.05, 3.63) is 16.5 Å². The molecular formula is C11H14BrF3N2O. The van der Waals surface area contributed by atoms with Crippen molar-refractivity contribution in [3.63, 3.8) is 0 Å². The molecule has 18 heavy (non-hydrogen) atoms. The van der Waals surface area contributed by atoms with Gasteiger partial charge in [-0.15, -0.1) is 0 Å². The standard InChI is InChI=1S/C11H14BrF3N2O/c1-10(2,3)9-16-7(12)6-8(17-9)18-5-4-11(13,14)15/h6H,4-5H2,1-3H3. The Hall–Kier alpha value is -0.850. The number of nitrogens with zero attached hydrogens (tertiary/aromatic N) is 2. The highest BCUT2D eigenvalue weighted by molar-refractivity contribution is 9.10. The minimum atomic E-state index is -4.23. The lowest BCUT2D eigenvalue weighted by atomic mass is 9.96. The van der Waals surface area contributed by atoms with E-state index < -0.39 is 19.2 Å². The van der Waals surface area contributed by atoms with Gasteiger partial charge in [0.1, 0.15) is 10.4 Å². The van der Waals surface area contributed by atoms with Gasteiger partial charge >= 0.3 is 6.18 Å². The molecule has 0 N–H and O–H groups in total. The van der Waals surface area contributed by atoms with E-state index in [2.05, 4.69) is 25.9 Å². The molecule has 0 unspecified atom stereocenters. The molecule has 1 aromatic heterocycles. The van der Waals surface area contributed by atoms with E-state index in [1.54, 1.807) is 0 Å². The maximum absolute atomic E-state index is 12.0. The van der Waals surface area contributed by atoms with E-state index in [4.69, 9.17) is 4.74 Å². The number of halogens is 4. The summed E-state index contributed by atoms with van der Waals surface area (Å²) in [5.74, 6) is 0.657. The molecule has 1 heterocycles. The summed E-state index contributed by atoms with van der Waals surface area (Å²) in [6.07, 6.45) is -5.23. The normalized spacial score (nSPS) is 12.6. The summed E-state index contributed by atoms with van der Waals surface area (Å²) in [7, 11) is 0. The Bertz CT molecular complexity index is 416. The van der Waals surface area contributed by atoms with Crippen LogP contribution >= 0.6 is 15.9 Å². The average Bonchev–Trinajstić information content (AvgIpc) is 2.13. The number of aromatic nitrogens is 2. The molecule has 0 fully saturated rings. The molecule has 0 aromatic carbocycles. The molecule has 1 rings (SSSR count). The van der Waals surface area contributed by atoms with Crippen LogP contribution in [0.15, 0.2) is 10.7 Å². The maximum Gasteiger partial charge on any atom is 0.392 e. The zero-order valence-corrected chi connectivity index (χ0v) is 11.9. The van der Waals surface area contributed by atoms with Crippen molar-refractivity contribution in [2.75, 3.05) is 6.61 Å². The summed E-state index contributed by atoms with van der Waals surface area (Å²) < 4.78 is 41.4. The van der Waals surface area contributed by atoms with Crippen molar-refractivity contribution in [2.45, 2.75) is 38.8 Å². The zero-order chi connectivity index (χ0) is 14.0. The highest BCUT2D eigenvalue weighted by Gasteiger charge is 2.27. The highest BCUT2D eigenvalue weighted by Crippen LogP contribution is 2.24. The van der Waals surface area contributed by atoms with Crippen LogP contribution in [0.4, 0.5) is 13.2 Å². The van der Waals surface area contributed by atoms with Crippen molar-refractivity contribution in [3.8, 4) is 5.88 Å². The van der Waals surface area contributed by atoms with Crippen molar-refractivity contribution < 1.29 is 17.9 Å². The predicted octanol–water partition coefficient (Wildman–Crippen LogP) is 3.87. The minimum absolute atomic E-state index is 0.144. The van der Waals surface area contributed by atoms with Crippen LogP contribution in [0.5, 0.6) is 5.88 Å². The van der Waals surface area contributed by atoms with Crippen molar-refractivity contribution in [1.82, 2.24) is 9.97 Å². The van der Waals surface area contributed by atoms with Gasteiger partial charge in [0, 0.05) is 11.5 Å². The molecule has 1 aromatic rings. The molecule has 0 amide bonds. The molecule has 3 nitrogen and oxygen atoms in total. The Labute approximate surface area is 112 Å². The molecule has 7 heteroatoms. The van der Waals surface area contributed by atoms with Gasteiger partial charge in [0.25, 0.3) is 0 Å². The van der Waals surface area contributed by atoms with Crippen molar-refractivity contribution in [2.24, 2.45) is 0 Å². The van der Waals surface area contributed by atoms with Gasteiger partial charge in [0.2, 0.25) is 5.88 Å². The molecule has 0 bridgehead atoms. The predicted molar refractivity (Wildman–Crippen MR) is 64.6 cm³/mol. The molecule has 102 valence electrons. The molecule has 0 aliphatic heterocycles. The fourth-order valence-electron chi connectivity index (χ4n) is 1.08. The number of hydrogen-bond acceptors (Lipinski definition) is 3. The van der Waals surface area contributed by atoms with E-state index in [0.29, 0.717) is 10.4 Å². The van der Waals surface area contributed by atoms with Gasteiger partial charge in [0.05, 0.1) is 13.0 Å². The van der Waals surface area contributed by atoms with Crippen LogP contribution in [-0.4, -0.2) is 22.8 Å². The topological polar surface area (TPSA) is 35.0 Å². The lowest BCUT2D eigenvalue weighted by Crippen LogP contribution is -2.18. The second-order valence-electron chi connectivity index (χ2n) is 4.82. The summed E-state index contributed by atoms with van der Waals surface area (Å²) in [6, 6.07) is 1.45. The third-order valence-corrected chi connectivity index (χ3v) is 2.38. The van der Waals surface area contributed by atoms with E-state index in [9.17, 15) is 13.2 Å². The molecule has 0 aliphatic rings. The first kappa shape index (κ1) is 15.2. The van der Waals surface area contributed by atoms with E-state index in [0.717, 1.165) is 0 Å². The summed E-state index contributed by atoms with van der Waals surface area (Å²) in [4.78, 5) is 8.26. The van der Waals surface area contributed by atoms with Crippen LogP contribution < -0.4 is 4.74 Å². The third kappa shape index (κ3) is 5.20. The molecule has 0 spiro atoms. The second-order valence-corrected chi connectivity index (χ2v) is 5.63. The van der Waals surface area contributed by atoms with Crippen LogP contribution in [0, 0.1) is 0 Å². The lowest BCUT2D eigenvalue weighted by molar-refractivity contribution is -0.139.